The molecule has 176 valence electrons. The van der Waals surface area contributed by atoms with Crippen molar-refractivity contribution in [1.29, 1.82) is 0 Å². The van der Waals surface area contributed by atoms with Crippen molar-refractivity contribution in [3.05, 3.63) is 60.2 Å². The van der Waals surface area contributed by atoms with Crippen LogP contribution in [0.2, 0.25) is 0 Å². The predicted molar refractivity (Wildman–Crippen MR) is 133 cm³/mol. The van der Waals surface area contributed by atoms with Gasteiger partial charge < -0.3 is 24.4 Å². The van der Waals surface area contributed by atoms with Crippen LogP contribution < -0.4 is 24.4 Å². The Hall–Kier alpha value is -4.07. The van der Waals surface area contributed by atoms with Gasteiger partial charge in [0, 0.05) is 30.4 Å². The van der Waals surface area contributed by atoms with E-state index in [0.29, 0.717) is 22.9 Å². The minimum absolute atomic E-state index is 0.263. The Morgan fingerprint density at radius 1 is 0.941 bits per heavy atom. The fraction of sp³-hybridized carbons (Fsp3) is 0.269. The summed E-state index contributed by atoms with van der Waals surface area (Å²) in [5.74, 6) is 2.18. The molecule has 1 fully saturated rings. The summed E-state index contributed by atoms with van der Waals surface area (Å²) in [7, 11) is 4.65. The summed E-state index contributed by atoms with van der Waals surface area (Å²) < 4.78 is 16.1. The Kier molecular flexibility index (Phi) is 7.27. The van der Waals surface area contributed by atoms with Crippen molar-refractivity contribution in [2.75, 3.05) is 44.6 Å². The van der Waals surface area contributed by atoms with E-state index in [1.165, 1.54) is 18.9 Å². The van der Waals surface area contributed by atoms with E-state index >= 15 is 0 Å². The molecule has 0 aliphatic carbocycles. The number of benzene rings is 2. The number of nitrogens with zero attached hydrogens (tertiary/aromatic N) is 3. The van der Waals surface area contributed by atoms with Crippen LogP contribution in [-0.2, 0) is 4.79 Å². The lowest BCUT2D eigenvalue weighted by Gasteiger charge is -2.15. The summed E-state index contributed by atoms with van der Waals surface area (Å²) in [6.45, 7) is 2.05. The van der Waals surface area contributed by atoms with Crippen molar-refractivity contribution in [2.45, 2.75) is 12.8 Å². The lowest BCUT2D eigenvalue weighted by atomic mass is 10.1. The molecule has 8 heteroatoms. The van der Waals surface area contributed by atoms with Crippen LogP contribution in [0.5, 0.6) is 17.2 Å². The number of amides is 1. The highest BCUT2D eigenvalue weighted by Crippen LogP contribution is 2.38. The van der Waals surface area contributed by atoms with Gasteiger partial charge in [-0.2, -0.15) is 0 Å². The number of aromatic nitrogens is 2. The molecule has 1 saturated heterocycles. The number of rotatable bonds is 8. The molecule has 3 aromatic rings. The predicted octanol–water partition coefficient (Wildman–Crippen LogP) is 4.42. The maximum absolute atomic E-state index is 12.5. The number of hydrogen-bond acceptors (Lipinski definition) is 7. The molecule has 34 heavy (non-hydrogen) atoms. The summed E-state index contributed by atoms with van der Waals surface area (Å²) in [5, 5.41) is 11.7. The minimum atomic E-state index is -0.263. The molecule has 4 rings (SSSR count). The van der Waals surface area contributed by atoms with Gasteiger partial charge in [0.05, 0.1) is 27.0 Å². The summed E-state index contributed by atoms with van der Waals surface area (Å²) in [6, 6.07) is 15.0. The first-order valence-electron chi connectivity index (χ1n) is 11.1. The first-order valence-corrected chi connectivity index (χ1v) is 11.1. The smallest absolute Gasteiger partial charge is 0.248 e. The van der Waals surface area contributed by atoms with Gasteiger partial charge in [0.25, 0.3) is 0 Å². The molecule has 1 aliphatic rings. The van der Waals surface area contributed by atoms with Crippen molar-refractivity contribution >= 4 is 23.5 Å². The molecule has 2 aromatic carbocycles. The Morgan fingerprint density at radius 3 is 2.29 bits per heavy atom. The maximum Gasteiger partial charge on any atom is 0.248 e. The second kappa shape index (κ2) is 10.7. The third kappa shape index (κ3) is 5.28. The Labute approximate surface area is 199 Å². The molecule has 0 radical (unpaired) electrons. The van der Waals surface area contributed by atoms with E-state index in [1.807, 2.05) is 36.4 Å². The van der Waals surface area contributed by atoms with Gasteiger partial charge in [-0.25, -0.2) is 0 Å². The zero-order valence-electron chi connectivity index (χ0n) is 19.6. The van der Waals surface area contributed by atoms with E-state index < -0.39 is 0 Å². The Morgan fingerprint density at radius 2 is 1.68 bits per heavy atom. The zero-order chi connectivity index (χ0) is 23.9. The molecular weight excluding hydrogens is 432 g/mol. The van der Waals surface area contributed by atoms with E-state index in [-0.39, 0.29) is 5.91 Å². The van der Waals surface area contributed by atoms with Gasteiger partial charge in [-0.1, -0.05) is 12.1 Å². The maximum atomic E-state index is 12.5. The second-order valence-electron chi connectivity index (χ2n) is 7.83. The zero-order valence-corrected chi connectivity index (χ0v) is 19.6. The monoisotopic (exact) mass is 460 g/mol. The number of carbonyl (C=O) groups is 1. The van der Waals surface area contributed by atoms with Crippen LogP contribution in [0.3, 0.4) is 0 Å². The fourth-order valence-corrected chi connectivity index (χ4v) is 3.90. The summed E-state index contributed by atoms with van der Waals surface area (Å²) in [6.07, 6.45) is 5.53. The molecular formula is C26H28N4O4. The Bertz CT molecular complexity index is 1150. The van der Waals surface area contributed by atoms with E-state index in [2.05, 4.69) is 20.4 Å². The highest BCUT2D eigenvalue weighted by Gasteiger charge is 2.14. The molecule has 1 N–H and O–H groups in total. The van der Waals surface area contributed by atoms with Gasteiger partial charge in [-0.15, -0.1) is 10.2 Å². The lowest BCUT2D eigenvalue weighted by molar-refractivity contribution is -0.111. The summed E-state index contributed by atoms with van der Waals surface area (Å²) in [5.41, 5.74) is 3.05. The van der Waals surface area contributed by atoms with Crippen molar-refractivity contribution in [3.8, 4) is 28.5 Å². The van der Waals surface area contributed by atoms with Crippen molar-refractivity contribution in [3.63, 3.8) is 0 Å². The highest BCUT2D eigenvalue weighted by molar-refractivity contribution is 6.02. The van der Waals surface area contributed by atoms with Gasteiger partial charge >= 0.3 is 0 Å². The van der Waals surface area contributed by atoms with Crippen molar-refractivity contribution in [1.82, 2.24) is 10.2 Å². The van der Waals surface area contributed by atoms with Gasteiger partial charge in [-0.05, 0) is 60.9 Å². The van der Waals surface area contributed by atoms with Crippen LogP contribution >= 0.6 is 0 Å². The van der Waals surface area contributed by atoms with Crippen molar-refractivity contribution < 1.29 is 19.0 Å². The quantitative estimate of drug-likeness (QED) is 0.498. The molecule has 0 saturated carbocycles. The van der Waals surface area contributed by atoms with Crippen LogP contribution in [-0.4, -0.2) is 50.5 Å². The number of anilines is 2. The van der Waals surface area contributed by atoms with E-state index in [0.717, 1.165) is 35.7 Å². The first-order chi connectivity index (χ1) is 16.6. The average Bonchev–Trinajstić information content (AvgIpc) is 3.42. The lowest BCUT2D eigenvalue weighted by Crippen LogP contribution is -2.19. The standard InChI is InChI=1S/C26H28N4O4/c1-32-22-15-18(16-23(33-2)26(22)34-3)9-12-25(31)27-20-8-6-7-19(17-20)21-10-11-24(29-28-21)30-13-4-5-14-30/h6-12,15-17H,4-5,13-14H2,1-3H3,(H,27,31)/b12-9+. The van der Waals surface area contributed by atoms with E-state index in [1.54, 1.807) is 39.5 Å². The average molecular weight is 461 g/mol. The van der Waals surface area contributed by atoms with Crippen LogP contribution in [0.4, 0.5) is 11.5 Å². The minimum Gasteiger partial charge on any atom is -0.493 e. The second-order valence-corrected chi connectivity index (χ2v) is 7.83. The Balaban J connectivity index is 1.45. The SMILES string of the molecule is COc1cc(/C=C/C(=O)Nc2cccc(-c3ccc(N4CCCC4)nn3)c2)cc(OC)c1OC. The van der Waals surface area contributed by atoms with Gasteiger partial charge in [0.1, 0.15) is 0 Å². The van der Waals surface area contributed by atoms with E-state index in [4.69, 9.17) is 14.2 Å². The normalized spacial score (nSPS) is 13.2. The molecule has 0 unspecified atom stereocenters. The molecule has 1 amide bonds. The van der Waals surface area contributed by atoms with Crippen molar-refractivity contribution in [2.24, 2.45) is 0 Å². The van der Waals surface area contributed by atoms with Crippen LogP contribution in [0.15, 0.2) is 54.6 Å². The van der Waals surface area contributed by atoms with Gasteiger partial charge in [0.2, 0.25) is 11.7 Å². The van der Waals surface area contributed by atoms with Crippen LogP contribution in [0, 0.1) is 0 Å². The van der Waals surface area contributed by atoms with Crippen LogP contribution in [0.1, 0.15) is 18.4 Å². The third-order valence-electron chi connectivity index (χ3n) is 5.62. The third-order valence-corrected chi connectivity index (χ3v) is 5.62. The molecule has 1 aliphatic heterocycles. The molecule has 0 spiro atoms. The van der Waals surface area contributed by atoms with Gasteiger partial charge in [0.15, 0.2) is 17.3 Å². The topological polar surface area (TPSA) is 85.8 Å². The van der Waals surface area contributed by atoms with Gasteiger partial charge in [-0.3, -0.25) is 4.79 Å². The van der Waals surface area contributed by atoms with E-state index in [9.17, 15) is 4.79 Å². The molecule has 0 bridgehead atoms. The first kappa shape index (κ1) is 23.1. The molecule has 0 atom stereocenters. The molecule has 2 heterocycles. The summed E-state index contributed by atoms with van der Waals surface area (Å²) in [4.78, 5) is 14.8. The molecule has 1 aromatic heterocycles. The number of hydrogen-bond donors (Lipinski definition) is 1. The number of ether oxygens (including phenoxy) is 3. The fourth-order valence-electron chi connectivity index (χ4n) is 3.90. The summed E-state index contributed by atoms with van der Waals surface area (Å²) >= 11 is 0. The number of methoxy groups -OCH3 is 3. The van der Waals surface area contributed by atoms with Crippen LogP contribution in [0.25, 0.3) is 17.3 Å². The number of carbonyl (C=O) groups excluding carboxylic acids is 1. The highest BCUT2D eigenvalue weighted by atomic mass is 16.5. The molecule has 8 nitrogen and oxygen atoms in total. The number of nitrogens with one attached hydrogen (secondary N) is 1. The largest absolute Gasteiger partial charge is 0.493 e.